The minimum atomic E-state index is -4.65. The Morgan fingerprint density at radius 2 is 1.78 bits per heavy atom. The van der Waals surface area contributed by atoms with Crippen LogP contribution in [0.15, 0.2) is 79.0 Å². The molecule has 0 unspecified atom stereocenters. The molecule has 0 radical (unpaired) electrons. The summed E-state index contributed by atoms with van der Waals surface area (Å²) in [6, 6.07) is 19.0. The van der Waals surface area contributed by atoms with Crippen molar-refractivity contribution in [2.75, 3.05) is 33.1 Å². The lowest BCUT2D eigenvalue weighted by Gasteiger charge is -2.24. The Labute approximate surface area is 262 Å². The summed E-state index contributed by atoms with van der Waals surface area (Å²) in [5, 5.41) is 4.13. The van der Waals surface area contributed by atoms with Gasteiger partial charge in [-0.3, -0.25) is 9.78 Å². The van der Waals surface area contributed by atoms with Crippen LogP contribution in [-0.4, -0.2) is 49.1 Å². The summed E-state index contributed by atoms with van der Waals surface area (Å²) in [6.45, 7) is 0.545. The molecule has 0 spiro atoms. The second kappa shape index (κ2) is 11.8. The van der Waals surface area contributed by atoms with E-state index >= 15 is 0 Å². The van der Waals surface area contributed by atoms with Crippen molar-refractivity contribution >= 4 is 44.9 Å². The van der Waals surface area contributed by atoms with Crippen LogP contribution in [-0.2, 0) is 6.18 Å². The first-order chi connectivity index (χ1) is 21.5. The molecule has 1 aromatic heterocycles. The molecule has 1 saturated carbocycles. The minimum Gasteiger partial charge on any atom is -0.493 e. The first kappa shape index (κ1) is 30.5. The lowest BCUT2D eigenvalue weighted by Crippen LogP contribution is -2.35. The number of aromatic nitrogens is 1. The van der Waals surface area contributed by atoms with Crippen LogP contribution in [0, 0.1) is 0 Å². The average molecular weight is 636 g/mol. The highest BCUT2D eigenvalue weighted by atomic mass is 35.5. The van der Waals surface area contributed by atoms with E-state index in [9.17, 15) is 18.0 Å². The summed E-state index contributed by atoms with van der Waals surface area (Å²) < 4.78 is 58.0. The summed E-state index contributed by atoms with van der Waals surface area (Å²) in [4.78, 5) is 19.8. The molecule has 1 N–H and O–H groups in total. The number of amides is 1. The van der Waals surface area contributed by atoms with Gasteiger partial charge in [0.05, 0.1) is 28.8 Å². The van der Waals surface area contributed by atoms with Crippen LogP contribution in [0.4, 0.5) is 18.9 Å². The maximum absolute atomic E-state index is 13.3. The Bertz CT molecular complexity index is 1930. The highest BCUT2D eigenvalue weighted by Crippen LogP contribution is 2.43. The number of rotatable bonds is 9. The minimum absolute atomic E-state index is 0.0213. The summed E-state index contributed by atoms with van der Waals surface area (Å²) >= 11 is 5.72. The van der Waals surface area contributed by atoms with Gasteiger partial charge in [-0.25, -0.2) is 0 Å². The Morgan fingerprint density at radius 3 is 2.49 bits per heavy atom. The fourth-order valence-corrected chi connectivity index (χ4v) is 5.46. The van der Waals surface area contributed by atoms with Crippen molar-refractivity contribution in [1.82, 2.24) is 9.88 Å². The second-order valence-electron chi connectivity index (χ2n) is 11.2. The number of hydrogen-bond donors (Lipinski definition) is 1. The molecular formula is C34H29ClF3N3O4. The molecule has 1 aliphatic carbocycles. The van der Waals surface area contributed by atoms with E-state index in [-0.39, 0.29) is 16.8 Å². The lowest BCUT2D eigenvalue weighted by atomic mass is 10.0. The predicted molar refractivity (Wildman–Crippen MR) is 168 cm³/mol. The fourth-order valence-electron chi connectivity index (χ4n) is 5.24. The normalized spacial score (nSPS) is 14.0. The number of carbonyl (C=O) groups is 1. The molecule has 45 heavy (non-hydrogen) atoms. The number of alkyl halides is 3. The predicted octanol–water partition coefficient (Wildman–Crippen LogP) is 8.59. The van der Waals surface area contributed by atoms with Crippen molar-refractivity contribution in [3.63, 3.8) is 0 Å². The van der Waals surface area contributed by atoms with E-state index in [2.05, 4.69) is 29.3 Å². The van der Waals surface area contributed by atoms with Crippen LogP contribution in [0.3, 0.4) is 0 Å². The third-order valence-electron chi connectivity index (χ3n) is 8.11. The molecule has 1 aliphatic rings. The van der Waals surface area contributed by atoms with Crippen molar-refractivity contribution in [3.05, 3.63) is 95.1 Å². The molecule has 1 amide bonds. The topological polar surface area (TPSA) is 72.9 Å². The largest absolute Gasteiger partial charge is 0.493 e. The van der Waals surface area contributed by atoms with Gasteiger partial charge in [0.25, 0.3) is 5.91 Å². The zero-order valence-electron chi connectivity index (χ0n) is 24.7. The van der Waals surface area contributed by atoms with E-state index in [0.717, 1.165) is 30.4 Å². The van der Waals surface area contributed by atoms with Crippen molar-refractivity contribution in [1.29, 1.82) is 0 Å². The number of halogens is 4. The SMILES string of the molecule is COc1cc2c(Oc3ccc4c(C(=O)Nc5ccc(Cl)c(C(F)(F)F)c5)cccc4c3)ccnc2cc1OCC1(N(C)C)CC1. The number of carbonyl (C=O) groups excluding carboxylic acids is 1. The third kappa shape index (κ3) is 6.21. The maximum Gasteiger partial charge on any atom is 0.417 e. The monoisotopic (exact) mass is 635 g/mol. The number of methoxy groups -OCH3 is 1. The molecule has 0 aliphatic heterocycles. The molecule has 0 bridgehead atoms. The van der Waals surface area contributed by atoms with E-state index < -0.39 is 22.7 Å². The molecule has 6 rings (SSSR count). The highest BCUT2D eigenvalue weighted by Gasteiger charge is 2.45. The number of likely N-dealkylation sites (N-methyl/N-ethyl adjacent to an activating group) is 1. The van der Waals surface area contributed by atoms with E-state index in [4.69, 9.17) is 25.8 Å². The van der Waals surface area contributed by atoms with Crippen molar-refractivity contribution in [3.8, 4) is 23.0 Å². The van der Waals surface area contributed by atoms with Crippen molar-refractivity contribution in [2.45, 2.75) is 24.6 Å². The summed E-state index contributed by atoms with van der Waals surface area (Å²) in [5.74, 6) is 1.67. The van der Waals surface area contributed by atoms with Gasteiger partial charge in [-0.15, -0.1) is 0 Å². The van der Waals surface area contributed by atoms with Gasteiger partial charge >= 0.3 is 6.18 Å². The van der Waals surface area contributed by atoms with Crippen LogP contribution in [0.5, 0.6) is 23.0 Å². The number of hydrogen-bond acceptors (Lipinski definition) is 6. The molecule has 1 fully saturated rings. The number of pyridine rings is 1. The zero-order valence-corrected chi connectivity index (χ0v) is 25.4. The van der Waals surface area contributed by atoms with Crippen molar-refractivity contribution in [2.24, 2.45) is 0 Å². The van der Waals surface area contributed by atoms with Crippen LogP contribution in [0.1, 0.15) is 28.8 Å². The van der Waals surface area contributed by atoms with E-state index in [1.165, 1.54) is 6.07 Å². The molecule has 232 valence electrons. The van der Waals surface area contributed by atoms with Gasteiger partial charge in [0, 0.05) is 28.9 Å². The molecule has 0 atom stereocenters. The van der Waals surface area contributed by atoms with Gasteiger partial charge < -0.3 is 24.4 Å². The summed E-state index contributed by atoms with van der Waals surface area (Å²) in [7, 11) is 5.70. The van der Waals surface area contributed by atoms with Gasteiger partial charge in [-0.1, -0.05) is 23.7 Å². The number of fused-ring (bicyclic) bond motifs is 2. The van der Waals surface area contributed by atoms with Gasteiger partial charge in [-0.2, -0.15) is 13.2 Å². The summed E-state index contributed by atoms with van der Waals surface area (Å²) in [6.07, 6.45) is -0.842. The first-order valence-electron chi connectivity index (χ1n) is 14.1. The van der Waals surface area contributed by atoms with Gasteiger partial charge in [0.2, 0.25) is 0 Å². The molecule has 11 heteroatoms. The van der Waals surface area contributed by atoms with Gasteiger partial charge in [-0.05, 0) is 92.3 Å². The van der Waals surface area contributed by atoms with Crippen LogP contribution < -0.4 is 19.5 Å². The number of benzene rings is 4. The Hall–Kier alpha value is -4.54. The average Bonchev–Trinajstić information content (AvgIpc) is 3.81. The lowest BCUT2D eigenvalue weighted by molar-refractivity contribution is -0.137. The molecule has 7 nitrogen and oxygen atoms in total. The quantitative estimate of drug-likeness (QED) is 0.175. The molecule has 4 aromatic carbocycles. The number of nitrogens with zero attached hydrogens (tertiary/aromatic N) is 2. The van der Waals surface area contributed by atoms with E-state index in [0.29, 0.717) is 45.9 Å². The summed E-state index contributed by atoms with van der Waals surface area (Å²) in [5.41, 5.74) is -0.0405. The molecule has 5 aromatic rings. The van der Waals surface area contributed by atoms with E-state index in [1.807, 2.05) is 18.2 Å². The highest BCUT2D eigenvalue weighted by molar-refractivity contribution is 6.31. The Kier molecular flexibility index (Phi) is 7.96. The number of nitrogens with one attached hydrogen (secondary N) is 1. The standard InChI is InChI=1S/C34H29ClF3N3O4/c1-41(2)33(12-13-33)19-44-31-18-28-25(17-30(31)43-3)29(11-14-39-28)45-22-8-9-23-20(15-22)5-4-6-24(23)32(42)40-21-7-10-27(35)26(16-21)34(36,37)38/h4-11,14-18H,12-13,19H2,1-3H3,(H,40,42). The second-order valence-corrected chi connectivity index (χ2v) is 11.6. The maximum atomic E-state index is 13.3. The fraction of sp³-hybridized carbons (Fsp3) is 0.235. The smallest absolute Gasteiger partial charge is 0.417 e. The van der Waals surface area contributed by atoms with Crippen LogP contribution in [0.2, 0.25) is 5.02 Å². The van der Waals surface area contributed by atoms with Gasteiger partial charge in [0.15, 0.2) is 11.5 Å². The van der Waals surface area contributed by atoms with Crippen LogP contribution >= 0.6 is 11.6 Å². The molecular weight excluding hydrogens is 607 g/mol. The van der Waals surface area contributed by atoms with Crippen LogP contribution in [0.25, 0.3) is 21.7 Å². The third-order valence-corrected chi connectivity index (χ3v) is 8.44. The Balaban J connectivity index is 1.25. The zero-order chi connectivity index (χ0) is 31.9. The number of ether oxygens (including phenoxy) is 3. The van der Waals surface area contributed by atoms with Crippen molar-refractivity contribution < 1.29 is 32.2 Å². The Morgan fingerprint density at radius 1 is 0.978 bits per heavy atom. The van der Waals surface area contributed by atoms with E-state index in [1.54, 1.807) is 49.7 Å². The van der Waals surface area contributed by atoms with Gasteiger partial charge in [0.1, 0.15) is 18.1 Å². The molecule has 1 heterocycles. The first-order valence-corrected chi connectivity index (χ1v) is 14.5. The molecule has 0 saturated heterocycles. The number of anilines is 1.